The van der Waals surface area contributed by atoms with E-state index < -0.39 is 0 Å². The first-order chi connectivity index (χ1) is 13.1. The second-order valence-electron chi connectivity index (χ2n) is 6.75. The van der Waals surface area contributed by atoms with E-state index in [1.165, 1.54) is 0 Å². The minimum absolute atomic E-state index is 0.00101. The predicted molar refractivity (Wildman–Crippen MR) is 106 cm³/mol. The summed E-state index contributed by atoms with van der Waals surface area (Å²) in [4.78, 5) is 27.5. The average Bonchev–Trinajstić information content (AvgIpc) is 2.84. The first kappa shape index (κ1) is 17.0. The smallest absolute Gasteiger partial charge is 0.255 e. The number of amides is 2. The highest BCUT2D eigenvalue weighted by atomic mass is 16.2. The maximum absolute atomic E-state index is 13.3. The fourth-order valence-electron chi connectivity index (χ4n) is 3.56. The Balaban J connectivity index is 1.90. The molecular formula is C23H20N2O2. The Morgan fingerprint density at radius 3 is 2.33 bits per heavy atom. The monoisotopic (exact) mass is 356 g/mol. The van der Waals surface area contributed by atoms with Gasteiger partial charge in [0.05, 0.1) is 6.04 Å². The van der Waals surface area contributed by atoms with Gasteiger partial charge in [0.15, 0.2) is 0 Å². The summed E-state index contributed by atoms with van der Waals surface area (Å²) in [6, 6.07) is 24.5. The Kier molecular flexibility index (Phi) is 4.47. The Labute approximate surface area is 158 Å². The molecule has 0 aromatic heterocycles. The molecule has 1 atom stereocenters. The lowest BCUT2D eigenvalue weighted by Gasteiger charge is -2.31. The molecule has 3 aromatic carbocycles. The molecule has 134 valence electrons. The van der Waals surface area contributed by atoms with Crippen molar-refractivity contribution < 1.29 is 9.59 Å². The van der Waals surface area contributed by atoms with Crippen LogP contribution in [0.25, 0.3) is 0 Å². The van der Waals surface area contributed by atoms with Crippen molar-refractivity contribution in [1.29, 1.82) is 0 Å². The van der Waals surface area contributed by atoms with Gasteiger partial charge in [-0.15, -0.1) is 0 Å². The Morgan fingerprint density at radius 2 is 1.63 bits per heavy atom. The van der Waals surface area contributed by atoms with Crippen molar-refractivity contribution >= 4 is 17.5 Å². The van der Waals surface area contributed by atoms with Gasteiger partial charge in [-0.05, 0) is 30.7 Å². The molecule has 3 aromatic rings. The average molecular weight is 356 g/mol. The zero-order chi connectivity index (χ0) is 18.8. The molecule has 1 heterocycles. The van der Waals surface area contributed by atoms with E-state index >= 15 is 0 Å². The maximum atomic E-state index is 13.3. The summed E-state index contributed by atoms with van der Waals surface area (Å²) >= 11 is 0. The third kappa shape index (κ3) is 3.34. The van der Waals surface area contributed by atoms with Crippen LogP contribution in [0.3, 0.4) is 0 Å². The van der Waals surface area contributed by atoms with Gasteiger partial charge in [-0.1, -0.05) is 66.2 Å². The number of carbonyl (C=O) groups is 2. The number of fused-ring (bicyclic) bond motifs is 1. The lowest BCUT2D eigenvalue weighted by Crippen LogP contribution is -2.38. The molecule has 1 aliphatic heterocycles. The molecular weight excluding hydrogens is 336 g/mol. The summed E-state index contributed by atoms with van der Waals surface area (Å²) in [5.74, 6) is -0.350. The van der Waals surface area contributed by atoms with Crippen molar-refractivity contribution in [1.82, 2.24) is 4.90 Å². The zero-order valence-electron chi connectivity index (χ0n) is 15.1. The zero-order valence-corrected chi connectivity index (χ0v) is 15.1. The molecule has 0 spiro atoms. The Hall–Kier alpha value is -3.40. The van der Waals surface area contributed by atoms with E-state index in [9.17, 15) is 9.59 Å². The molecule has 0 saturated heterocycles. The number of nitrogens with one attached hydrogen (secondary N) is 1. The number of anilines is 1. The van der Waals surface area contributed by atoms with Crippen LogP contribution in [-0.2, 0) is 4.79 Å². The summed E-state index contributed by atoms with van der Waals surface area (Å²) in [7, 11) is 0. The lowest BCUT2D eigenvalue weighted by atomic mass is 9.94. The SMILES string of the molecule is Cc1ccc2c(c1)C(c1ccccc1)N(C(=O)c1ccccc1)CC(=O)N2. The molecule has 0 radical (unpaired) electrons. The van der Waals surface area contributed by atoms with Crippen molar-refractivity contribution in [3.63, 3.8) is 0 Å². The molecule has 1 aliphatic rings. The Bertz CT molecular complexity index is 984. The largest absolute Gasteiger partial charge is 0.324 e. The number of carbonyl (C=O) groups excluding carboxylic acids is 2. The summed E-state index contributed by atoms with van der Waals surface area (Å²) in [5, 5.41) is 2.95. The van der Waals surface area contributed by atoms with E-state index in [0.717, 1.165) is 22.4 Å². The van der Waals surface area contributed by atoms with Gasteiger partial charge >= 0.3 is 0 Å². The molecule has 4 nitrogen and oxygen atoms in total. The first-order valence-electron chi connectivity index (χ1n) is 8.95. The van der Waals surface area contributed by atoms with Crippen molar-refractivity contribution in [3.8, 4) is 0 Å². The van der Waals surface area contributed by atoms with Crippen LogP contribution >= 0.6 is 0 Å². The van der Waals surface area contributed by atoms with E-state index in [-0.39, 0.29) is 24.4 Å². The third-order valence-electron chi connectivity index (χ3n) is 4.80. The highest BCUT2D eigenvalue weighted by Gasteiger charge is 2.33. The minimum Gasteiger partial charge on any atom is -0.324 e. The van der Waals surface area contributed by atoms with Gasteiger partial charge in [0.25, 0.3) is 5.91 Å². The maximum Gasteiger partial charge on any atom is 0.255 e. The highest BCUT2D eigenvalue weighted by molar-refractivity contribution is 6.01. The van der Waals surface area contributed by atoms with Crippen molar-refractivity contribution in [2.24, 2.45) is 0 Å². The van der Waals surface area contributed by atoms with Crippen LogP contribution in [0.5, 0.6) is 0 Å². The fourth-order valence-corrected chi connectivity index (χ4v) is 3.56. The van der Waals surface area contributed by atoms with Crippen LogP contribution in [0.2, 0.25) is 0 Å². The predicted octanol–water partition coefficient (Wildman–Crippen LogP) is 4.18. The summed E-state index contributed by atoms with van der Waals surface area (Å²) in [5.41, 5.74) is 4.31. The van der Waals surface area contributed by atoms with Gasteiger partial charge in [-0.2, -0.15) is 0 Å². The van der Waals surface area contributed by atoms with E-state index in [4.69, 9.17) is 0 Å². The number of benzene rings is 3. The van der Waals surface area contributed by atoms with Crippen LogP contribution < -0.4 is 5.32 Å². The van der Waals surface area contributed by atoms with Gasteiger partial charge in [-0.25, -0.2) is 0 Å². The first-order valence-corrected chi connectivity index (χ1v) is 8.95. The van der Waals surface area contributed by atoms with Crippen LogP contribution in [0.4, 0.5) is 5.69 Å². The van der Waals surface area contributed by atoms with Gasteiger partial charge in [0, 0.05) is 16.8 Å². The molecule has 1 N–H and O–H groups in total. The highest BCUT2D eigenvalue weighted by Crippen LogP contribution is 2.37. The molecule has 0 saturated carbocycles. The van der Waals surface area contributed by atoms with Crippen molar-refractivity contribution in [2.75, 3.05) is 11.9 Å². The lowest BCUT2D eigenvalue weighted by molar-refractivity contribution is -0.117. The molecule has 1 unspecified atom stereocenters. The van der Waals surface area contributed by atoms with Gasteiger partial charge in [-0.3, -0.25) is 9.59 Å². The molecule has 2 amide bonds. The Morgan fingerprint density at radius 1 is 0.963 bits per heavy atom. The number of hydrogen-bond donors (Lipinski definition) is 1. The molecule has 4 heteroatoms. The molecule has 27 heavy (non-hydrogen) atoms. The van der Waals surface area contributed by atoms with Crippen molar-refractivity contribution in [2.45, 2.75) is 13.0 Å². The number of nitrogens with zero attached hydrogens (tertiary/aromatic N) is 1. The quantitative estimate of drug-likeness (QED) is 0.749. The van der Waals surface area contributed by atoms with Crippen LogP contribution in [0.15, 0.2) is 78.9 Å². The van der Waals surface area contributed by atoms with Gasteiger partial charge < -0.3 is 10.2 Å². The molecule has 4 rings (SSSR count). The number of aryl methyl sites for hydroxylation is 1. The molecule has 0 aliphatic carbocycles. The van der Waals surface area contributed by atoms with Crippen LogP contribution in [0.1, 0.15) is 33.1 Å². The van der Waals surface area contributed by atoms with E-state index in [1.54, 1.807) is 17.0 Å². The number of hydrogen-bond acceptors (Lipinski definition) is 2. The van der Waals surface area contributed by atoms with Gasteiger partial charge in [0.1, 0.15) is 6.54 Å². The van der Waals surface area contributed by atoms with E-state index in [2.05, 4.69) is 5.32 Å². The topological polar surface area (TPSA) is 49.4 Å². The molecule has 0 fully saturated rings. The normalized spacial score (nSPS) is 16.3. The number of rotatable bonds is 2. The fraction of sp³-hybridized carbons (Fsp3) is 0.130. The van der Waals surface area contributed by atoms with E-state index in [0.29, 0.717) is 5.56 Å². The second-order valence-corrected chi connectivity index (χ2v) is 6.75. The van der Waals surface area contributed by atoms with Crippen molar-refractivity contribution in [3.05, 3.63) is 101 Å². The standard InChI is InChI=1S/C23H20N2O2/c1-16-12-13-20-19(14-16)22(17-8-4-2-5-9-17)25(15-21(26)24-20)23(27)18-10-6-3-7-11-18/h2-14,22H,15H2,1H3,(H,24,26). The summed E-state index contributed by atoms with van der Waals surface area (Å²) in [6.07, 6.45) is 0. The van der Waals surface area contributed by atoms with Gasteiger partial charge in [0.2, 0.25) is 5.91 Å². The van der Waals surface area contributed by atoms with Crippen LogP contribution in [-0.4, -0.2) is 23.3 Å². The second kappa shape index (κ2) is 7.08. The van der Waals surface area contributed by atoms with E-state index in [1.807, 2.05) is 73.7 Å². The minimum atomic E-state index is -0.340. The summed E-state index contributed by atoms with van der Waals surface area (Å²) in [6.45, 7) is 2.01. The third-order valence-corrected chi connectivity index (χ3v) is 4.80. The molecule has 0 bridgehead atoms. The summed E-state index contributed by atoms with van der Waals surface area (Å²) < 4.78 is 0. The van der Waals surface area contributed by atoms with Crippen LogP contribution in [0, 0.1) is 6.92 Å².